The van der Waals surface area contributed by atoms with E-state index in [2.05, 4.69) is 31.4 Å². The van der Waals surface area contributed by atoms with Crippen LogP contribution in [0.3, 0.4) is 0 Å². The Morgan fingerprint density at radius 2 is 1.57 bits per heavy atom. The number of amides is 2. The van der Waals surface area contributed by atoms with E-state index in [4.69, 9.17) is 0 Å². The molecule has 5 heteroatoms. The Hall–Kier alpha value is -2.43. The number of hydrogen-bond donors (Lipinski definition) is 2. The second-order valence-corrected chi connectivity index (χ2v) is 6.34. The maximum Gasteiger partial charge on any atom is 0.319 e. The molecule has 0 atom stereocenters. The number of rotatable bonds is 3. The van der Waals surface area contributed by atoms with Crippen LogP contribution in [-0.2, 0) is 12.0 Å². The van der Waals surface area contributed by atoms with E-state index in [1.807, 2.05) is 12.1 Å². The van der Waals surface area contributed by atoms with Crippen LogP contribution in [0.2, 0.25) is 0 Å². The summed E-state index contributed by atoms with van der Waals surface area (Å²) in [6.07, 6.45) is 0. The third kappa shape index (κ3) is 4.52. The normalized spacial score (nSPS) is 11.2. The zero-order valence-electron chi connectivity index (χ0n) is 13.4. The van der Waals surface area contributed by atoms with Crippen LogP contribution in [-0.4, -0.2) is 6.03 Å². The average Bonchev–Trinajstić information content (AvgIpc) is 2.46. The molecule has 0 unspecified atom stereocenters. The van der Waals surface area contributed by atoms with Crippen LogP contribution in [0.15, 0.2) is 42.5 Å². The lowest BCUT2D eigenvalue weighted by molar-refractivity contribution is 0.251. The number of urea groups is 1. The predicted molar refractivity (Wildman–Crippen MR) is 87.4 cm³/mol. The Morgan fingerprint density at radius 1 is 1.00 bits per heavy atom. The van der Waals surface area contributed by atoms with Gasteiger partial charge in [-0.15, -0.1) is 0 Å². The minimum atomic E-state index is -0.681. The highest BCUT2D eigenvalue weighted by Gasteiger charge is 2.13. The molecule has 2 rings (SSSR count). The van der Waals surface area contributed by atoms with Gasteiger partial charge in [0.05, 0.1) is 6.54 Å². The summed E-state index contributed by atoms with van der Waals surface area (Å²) in [6.45, 7) is 6.09. The summed E-state index contributed by atoms with van der Waals surface area (Å²) in [5, 5.41) is 5.08. The van der Waals surface area contributed by atoms with Crippen molar-refractivity contribution in [3.8, 4) is 0 Å². The Labute approximate surface area is 134 Å². The summed E-state index contributed by atoms with van der Waals surface area (Å²) in [5.74, 6) is -1.36. The molecule has 0 aliphatic carbocycles. The van der Waals surface area contributed by atoms with Crippen molar-refractivity contribution in [2.45, 2.75) is 32.7 Å². The molecule has 0 heterocycles. The Kier molecular flexibility index (Phi) is 4.98. The fraction of sp³-hybridized carbons (Fsp3) is 0.278. The second-order valence-electron chi connectivity index (χ2n) is 6.34. The number of halogens is 2. The second kappa shape index (κ2) is 6.77. The van der Waals surface area contributed by atoms with E-state index in [0.29, 0.717) is 5.69 Å². The molecular weight excluding hydrogens is 298 g/mol. The van der Waals surface area contributed by atoms with Crippen molar-refractivity contribution in [3.63, 3.8) is 0 Å². The van der Waals surface area contributed by atoms with Gasteiger partial charge in [0.15, 0.2) is 0 Å². The largest absolute Gasteiger partial charge is 0.334 e. The minimum Gasteiger partial charge on any atom is -0.334 e. The molecule has 3 nitrogen and oxygen atoms in total. The maximum atomic E-state index is 13.5. The van der Waals surface area contributed by atoms with Crippen LogP contribution in [0.4, 0.5) is 19.3 Å². The Balaban J connectivity index is 1.95. The molecule has 23 heavy (non-hydrogen) atoms. The fourth-order valence-corrected chi connectivity index (χ4v) is 2.10. The summed E-state index contributed by atoms with van der Waals surface area (Å²) in [6, 6.07) is 10.5. The van der Waals surface area contributed by atoms with Crippen LogP contribution in [0, 0.1) is 11.6 Å². The van der Waals surface area contributed by atoms with Gasteiger partial charge in [0, 0.05) is 11.3 Å². The zero-order valence-corrected chi connectivity index (χ0v) is 13.4. The average molecular weight is 318 g/mol. The van der Waals surface area contributed by atoms with E-state index < -0.39 is 17.7 Å². The van der Waals surface area contributed by atoms with Crippen molar-refractivity contribution in [1.29, 1.82) is 0 Å². The topological polar surface area (TPSA) is 41.1 Å². The molecule has 2 aromatic rings. The molecular formula is C18H20F2N2O. The number of nitrogens with one attached hydrogen (secondary N) is 2. The first-order valence-corrected chi connectivity index (χ1v) is 7.35. The molecule has 2 N–H and O–H groups in total. The van der Waals surface area contributed by atoms with E-state index >= 15 is 0 Å². The van der Waals surface area contributed by atoms with Crippen molar-refractivity contribution in [1.82, 2.24) is 5.32 Å². The number of carbonyl (C=O) groups is 1. The first-order valence-electron chi connectivity index (χ1n) is 7.35. The molecule has 0 bridgehead atoms. The van der Waals surface area contributed by atoms with Gasteiger partial charge >= 0.3 is 6.03 Å². The van der Waals surface area contributed by atoms with Gasteiger partial charge in [-0.25, -0.2) is 13.6 Å². The molecule has 122 valence electrons. The number of anilines is 1. The van der Waals surface area contributed by atoms with Crippen LogP contribution in [0.1, 0.15) is 31.9 Å². The van der Waals surface area contributed by atoms with Gasteiger partial charge in [-0.2, -0.15) is 0 Å². The maximum absolute atomic E-state index is 13.5. The van der Waals surface area contributed by atoms with Gasteiger partial charge < -0.3 is 10.6 Å². The van der Waals surface area contributed by atoms with E-state index in [9.17, 15) is 13.6 Å². The van der Waals surface area contributed by atoms with Gasteiger partial charge in [-0.1, -0.05) is 39.0 Å². The van der Waals surface area contributed by atoms with Crippen molar-refractivity contribution >= 4 is 11.7 Å². The molecule has 0 radical (unpaired) electrons. The lowest BCUT2D eigenvalue weighted by Crippen LogP contribution is -2.29. The summed E-state index contributed by atoms with van der Waals surface area (Å²) < 4.78 is 26.9. The van der Waals surface area contributed by atoms with E-state index in [1.54, 1.807) is 12.1 Å². The summed E-state index contributed by atoms with van der Waals surface area (Å²) in [7, 11) is 0. The summed E-state index contributed by atoms with van der Waals surface area (Å²) in [4.78, 5) is 11.8. The van der Waals surface area contributed by atoms with Crippen LogP contribution in [0.25, 0.3) is 0 Å². The highest BCUT2D eigenvalue weighted by Crippen LogP contribution is 2.23. The van der Waals surface area contributed by atoms with Gasteiger partial charge in [0.2, 0.25) is 0 Å². The molecule has 2 aromatic carbocycles. The smallest absolute Gasteiger partial charge is 0.319 e. The van der Waals surface area contributed by atoms with Gasteiger partial charge in [-0.3, -0.25) is 0 Å². The lowest BCUT2D eigenvalue weighted by Gasteiger charge is -2.19. The molecule has 0 spiro atoms. The summed E-state index contributed by atoms with van der Waals surface area (Å²) in [5.41, 5.74) is 1.63. The number of carbonyl (C=O) groups excluding carboxylic acids is 1. The van der Waals surface area contributed by atoms with Gasteiger partial charge in [0.25, 0.3) is 0 Å². The first-order chi connectivity index (χ1) is 10.8. The quantitative estimate of drug-likeness (QED) is 0.854. The van der Waals surface area contributed by atoms with E-state index in [0.717, 1.165) is 17.7 Å². The van der Waals surface area contributed by atoms with Crippen molar-refractivity contribution in [3.05, 3.63) is 65.2 Å². The highest BCUT2D eigenvalue weighted by atomic mass is 19.1. The Bertz CT molecular complexity index is 671. The molecule has 0 saturated carbocycles. The molecule has 0 fully saturated rings. The molecule has 0 aliphatic heterocycles. The highest BCUT2D eigenvalue weighted by molar-refractivity contribution is 5.89. The molecule has 0 aromatic heterocycles. The Morgan fingerprint density at radius 3 is 2.09 bits per heavy atom. The fourth-order valence-electron chi connectivity index (χ4n) is 2.10. The third-order valence-electron chi connectivity index (χ3n) is 3.50. The molecule has 2 amide bonds. The monoisotopic (exact) mass is 318 g/mol. The van der Waals surface area contributed by atoms with Crippen molar-refractivity contribution in [2.75, 3.05) is 5.32 Å². The third-order valence-corrected chi connectivity index (χ3v) is 3.50. The lowest BCUT2D eigenvalue weighted by atomic mass is 9.87. The number of benzene rings is 2. The summed E-state index contributed by atoms with van der Waals surface area (Å²) >= 11 is 0. The van der Waals surface area contributed by atoms with Gasteiger partial charge in [-0.05, 0) is 35.2 Å². The van der Waals surface area contributed by atoms with Crippen LogP contribution < -0.4 is 10.6 Å². The van der Waals surface area contributed by atoms with E-state index in [-0.39, 0.29) is 17.5 Å². The molecule has 0 saturated heterocycles. The van der Waals surface area contributed by atoms with Crippen LogP contribution in [0.5, 0.6) is 0 Å². The van der Waals surface area contributed by atoms with E-state index in [1.165, 1.54) is 6.07 Å². The van der Waals surface area contributed by atoms with Crippen molar-refractivity contribution < 1.29 is 13.6 Å². The predicted octanol–water partition coefficient (Wildman–Crippen LogP) is 4.58. The van der Waals surface area contributed by atoms with Crippen molar-refractivity contribution in [2.24, 2.45) is 0 Å². The van der Waals surface area contributed by atoms with Crippen LogP contribution >= 0.6 is 0 Å². The zero-order chi connectivity index (χ0) is 17.0. The standard InChI is InChI=1S/C18H20F2N2O/c1-18(2,3)12-7-9-13(10-8-12)22-17(23)21-11-14-15(19)5-4-6-16(14)20/h4-10H,11H2,1-3H3,(H2,21,22,23). The minimum absolute atomic E-state index is 0.0309. The number of hydrogen-bond acceptors (Lipinski definition) is 1. The SMILES string of the molecule is CC(C)(C)c1ccc(NC(=O)NCc2c(F)cccc2F)cc1. The molecule has 0 aliphatic rings. The first kappa shape index (κ1) is 16.9. The van der Waals surface area contributed by atoms with Gasteiger partial charge in [0.1, 0.15) is 11.6 Å².